The number of nitrogens with zero attached hydrogens (tertiary/aromatic N) is 2. The molecule has 0 bridgehead atoms. The summed E-state index contributed by atoms with van der Waals surface area (Å²) in [6.45, 7) is 9.14. The number of ether oxygens (including phenoxy) is 1. The molecular weight excluding hydrogens is 493 g/mol. The number of benzene rings is 1. The van der Waals surface area contributed by atoms with Crippen molar-refractivity contribution in [2.24, 2.45) is 0 Å². The Labute approximate surface area is 209 Å². The van der Waals surface area contributed by atoms with Gasteiger partial charge in [-0.15, -0.1) is 6.58 Å². The average Bonchev–Trinajstić information content (AvgIpc) is 3.18. The van der Waals surface area contributed by atoms with Crippen LogP contribution >= 0.6 is 11.6 Å². The third kappa shape index (κ3) is 6.49. The SMILES string of the molecule is C=CC(c1cccnc1)S(=O)(=O)n1cc(CCNC(=O)OC(C)(C)C)cc1-c1ccc(Cl)cc1F. The molecule has 1 atom stereocenters. The van der Waals surface area contributed by atoms with Gasteiger partial charge in [0.25, 0.3) is 0 Å². The Morgan fingerprint density at radius 3 is 2.66 bits per heavy atom. The van der Waals surface area contributed by atoms with E-state index < -0.39 is 32.8 Å². The molecule has 186 valence electrons. The van der Waals surface area contributed by atoms with E-state index in [0.717, 1.165) is 10.0 Å². The van der Waals surface area contributed by atoms with Crippen molar-refractivity contribution in [3.05, 3.63) is 89.6 Å². The number of rotatable bonds is 8. The van der Waals surface area contributed by atoms with Crippen LogP contribution in [0.4, 0.5) is 9.18 Å². The molecule has 0 saturated heterocycles. The summed E-state index contributed by atoms with van der Waals surface area (Å²) in [7, 11) is -4.11. The van der Waals surface area contributed by atoms with E-state index in [4.69, 9.17) is 16.3 Å². The quantitative estimate of drug-likeness (QED) is 0.396. The molecule has 1 unspecified atom stereocenters. The molecular formula is C25H27ClFN3O4S. The summed E-state index contributed by atoms with van der Waals surface area (Å²) in [5, 5.41) is 1.71. The Hall–Kier alpha value is -3.17. The highest BCUT2D eigenvalue weighted by Gasteiger charge is 2.30. The van der Waals surface area contributed by atoms with E-state index in [1.807, 2.05) is 0 Å². The van der Waals surface area contributed by atoms with E-state index in [9.17, 15) is 17.6 Å². The van der Waals surface area contributed by atoms with Crippen LogP contribution in [0.1, 0.15) is 37.1 Å². The molecule has 3 rings (SSSR count). The summed E-state index contributed by atoms with van der Waals surface area (Å²) in [6, 6.07) is 8.87. The van der Waals surface area contributed by atoms with Crippen LogP contribution in [0, 0.1) is 5.82 Å². The Morgan fingerprint density at radius 2 is 2.06 bits per heavy atom. The zero-order valence-corrected chi connectivity index (χ0v) is 21.2. The van der Waals surface area contributed by atoms with Crippen molar-refractivity contribution in [1.29, 1.82) is 0 Å². The Balaban J connectivity index is 2.00. The Kier molecular flexibility index (Phi) is 8.02. The molecule has 0 aliphatic rings. The number of halogens is 2. The van der Waals surface area contributed by atoms with Gasteiger partial charge < -0.3 is 10.1 Å². The summed E-state index contributed by atoms with van der Waals surface area (Å²) < 4.78 is 48.5. The number of amides is 1. The topological polar surface area (TPSA) is 90.3 Å². The van der Waals surface area contributed by atoms with Crippen molar-refractivity contribution in [3.8, 4) is 11.3 Å². The van der Waals surface area contributed by atoms with Crippen LogP contribution in [0.25, 0.3) is 11.3 Å². The highest BCUT2D eigenvalue weighted by Crippen LogP contribution is 2.33. The maximum absolute atomic E-state index is 14.8. The predicted octanol–water partition coefficient (Wildman–Crippen LogP) is 5.52. The Morgan fingerprint density at radius 1 is 1.31 bits per heavy atom. The number of alkyl carbamates (subject to hydrolysis) is 1. The maximum Gasteiger partial charge on any atom is 0.407 e. The first-order valence-electron chi connectivity index (χ1n) is 10.8. The minimum Gasteiger partial charge on any atom is -0.444 e. The highest BCUT2D eigenvalue weighted by molar-refractivity contribution is 7.90. The molecule has 2 heterocycles. The van der Waals surface area contributed by atoms with E-state index >= 15 is 0 Å². The Bertz CT molecular complexity index is 1320. The zero-order valence-electron chi connectivity index (χ0n) is 19.7. The second-order valence-electron chi connectivity index (χ2n) is 8.82. The first kappa shape index (κ1) is 26.4. The van der Waals surface area contributed by atoms with Crippen molar-refractivity contribution in [2.45, 2.75) is 38.0 Å². The van der Waals surface area contributed by atoms with Crippen molar-refractivity contribution >= 4 is 27.7 Å². The van der Waals surface area contributed by atoms with Gasteiger partial charge in [0.15, 0.2) is 0 Å². The van der Waals surface area contributed by atoms with Gasteiger partial charge in [0, 0.05) is 35.7 Å². The standard InChI is InChI=1S/C25H27ClFN3O4S/c1-5-23(18-7-6-11-28-15-18)35(32,33)30-16-17(10-12-29-24(31)34-25(2,3)4)13-22(30)20-9-8-19(26)14-21(20)27/h5-9,11,13-16,23H,1,10,12H2,2-4H3,(H,29,31). The van der Waals surface area contributed by atoms with Gasteiger partial charge in [-0.25, -0.2) is 21.6 Å². The van der Waals surface area contributed by atoms with Crippen LogP contribution in [0.15, 0.2) is 67.6 Å². The highest BCUT2D eigenvalue weighted by atomic mass is 35.5. The third-order valence-corrected chi connectivity index (χ3v) is 7.15. The normalized spacial score (nSPS) is 12.7. The number of carbonyl (C=O) groups is 1. The number of aromatic nitrogens is 2. The summed E-state index contributed by atoms with van der Waals surface area (Å²) in [5.41, 5.74) is 0.544. The molecule has 1 amide bonds. The molecule has 0 aliphatic carbocycles. The number of nitrogens with one attached hydrogen (secondary N) is 1. The first-order chi connectivity index (χ1) is 16.4. The summed E-state index contributed by atoms with van der Waals surface area (Å²) in [4.78, 5) is 16.0. The van der Waals surface area contributed by atoms with E-state index in [1.54, 1.807) is 39.0 Å². The van der Waals surface area contributed by atoms with Gasteiger partial charge in [-0.3, -0.25) is 4.98 Å². The lowest BCUT2D eigenvalue weighted by molar-refractivity contribution is 0.0528. The molecule has 3 aromatic rings. The molecule has 1 aromatic carbocycles. The van der Waals surface area contributed by atoms with Gasteiger partial charge >= 0.3 is 6.09 Å². The van der Waals surface area contributed by atoms with Crippen LogP contribution in [0.2, 0.25) is 5.02 Å². The molecule has 7 nitrogen and oxygen atoms in total. The molecule has 10 heteroatoms. The monoisotopic (exact) mass is 519 g/mol. The second-order valence-corrected chi connectivity index (χ2v) is 11.2. The number of carbonyl (C=O) groups excluding carboxylic acids is 1. The lowest BCUT2D eigenvalue weighted by Gasteiger charge is -2.19. The van der Waals surface area contributed by atoms with Gasteiger partial charge in [0.2, 0.25) is 10.0 Å². The fraction of sp³-hybridized carbons (Fsp3) is 0.280. The largest absolute Gasteiger partial charge is 0.444 e. The summed E-state index contributed by atoms with van der Waals surface area (Å²) >= 11 is 5.90. The maximum atomic E-state index is 14.8. The van der Waals surface area contributed by atoms with Crippen molar-refractivity contribution in [2.75, 3.05) is 6.54 Å². The predicted molar refractivity (Wildman–Crippen MR) is 134 cm³/mol. The summed E-state index contributed by atoms with van der Waals surface area (Å²) in [6.07, 6.45) is 5.41. The average molecular weight is 520 g/mol. The minimum absolute atomic E-state index is 0.0679. The number of hydrogen-bond donors (Lipinski definition) is 1. The molecule has 0 aliphatic heterocycles. The number of pyridine rings is 1. The fourth-order valence-electron chi connectivity index (χ4n) is 3.46. The van der Waals surface area contributed by atoms with Gasteiger partial charge in [0.05, 0.1) is 5.69 Å². The minimum atomic E-state index is -4.11. The molecule has 0 spiro atoms. The van der Waals surface area contributed by atoms with Crippen LogP contribution in [0.5, 0.6) is 0 Å². The van der Waals surface area contributed by atoms with Gasteiger partial charge in [-0.2, -0.15) is 0 Å². The molecule has 2 aromatic heterocycles. The van der Waals surface area contributed by atoms with E-state index in [2.05, 4.69) is 16.9 Å². The second kappa shape index (κ2) is 10.6. The van der Waals surface area contributed by atoms with Crippen LogP contribution in [-0.2, 0) is 21.2 Å². The lowest BCUT2D eigenvalue weighted by atomic mass is 10.1. The number of hydrogen-bond acceptors (Lipinski definition) is 5. The fourth-order valence-corrected chi connectivity index (χ4v) is 5.29. The smallest absolute Gasteiger partial charge is 0.407 e. The summed E-state index contributed by atoms with van der Waals surface area (Å²) in [5.74, 6) is -0.665. The van der Waals surface area contributed by atoms with Gasteiger partial charge in [-0.1, -0.05) is 23.7 Å². The van der Waals surface area contributed by atoms with Gasteiger partial charge in [0.1, 0.15) is 16.7 Å². The lowest BCUT2D eigenvalue weighted by Crippen LogP contribution is -2.33. The zero-order chi connectivity index (χ0) is 25.8. The van der Waals surface area contributed by atoms with E-state index in [1.165, 1.54) is 36.8 Å². The van der Waals surface area contributed by atoms with Crippen LogP contribution in [-0.4, -0.2) is 35.6 Å². The van der Waals surface area contributed by atoms with E-state index in [-0.39, 0.29) is 29.2 Å². The van der Waals surface area contributed by atoms with Crippen molar-refractivity contribution in [3.63, 3.8) is 0 Å². The molecule has 0 radical (unpaired) electrons. The molecule has 0 saturated carbocycles. The van der Waals surface area contributed by atoms with Crippen molar-refractivity contribution in [1.82, 2.24) is 14.3 Å². The molecule has 0 fully saturated rings. The molecule has 1 N–H and O–H groups in total. The van der Waals surface area contributed by atoms with Crippen LogP contribution < -0.4 is 5.32 Å². The van der Waals surface area contributed by atoms with Crippen molar-refractivity contribution < 1.29 is 22.3 Å². The first-order valence-corrected chi connectivity index (χ1v) is 12.7. The third-order valence-electron chi connectivity index (χ3n) is 4.95. The molecule has 35 heavy (non-hydrogen) atoms. The van der Waals surface area contributed by atoms with E-state index in [0.29, 0.717) is 11.1 Å². The van der Waals surface area contributed by atoms with Crippen LogP contribution in [0.3, 0.4) is 0 Å². The van der Waals surface area contributed by atoms with Gasteiger partial charge in [-0.05, 0) is 68.7 Å².